The van der Waals surface area contributed by atoms with Gasteiger partial charge in [-0.05, 0) is 25.0 Å². The highest BCUT2D eigenvalue weighted by molar-refractivity contribution is 7.20. The summed E-state index contributed by atoms with van der Waals surface area (Å²) in [4.78, 5) is 1.54. The molecule has 0 heterocycles. The fraction of sp³-hybridized carbons (Fsp3) is 0.268. The van der Waals surface area contributed by atoms with Crippen LogP contribution in [0.1, 0.15) is 58.3 Å². The van der Waals surface area contributed by atoms with Gasteiger partial charge in [0, 0.05) is 0 Å². The molecular formula is C41H30BF20N. The Kier molecular flexibility index (Phi) is 16.4. The summed E-state index contributed by atoms with van der Waals surface area (Å²) in [5, 5.41) is 0. The van der Waals surface area contributed by atoms with Crippen molar-refractivity contribution in [2.45, 2.75) is 58.3 Å². The van der Waals surface area contributed by atoms with Gasteiger partial charge in [-0.25, -0.2) is 87.8 Å². The first-order valence-corrected chi connectivity index (χ1v) is 18.7. The van der Waals surface area contributed by atoms with Gasteiger partial charge in [-0.1, -0.05) is 63.6 Å². The fourth-order valence-corrected chi connectivity index (χ4v) is 7.27. The summed E-state index contributed by atoms with van der Waals surface area (Å²) in [5.41, 5.74) is -12.9. The van der Waals surface area contributed by atoms with Gasteiger partial charge in [-0.3, -0.25) is 0 Å². The highest BCUT2D eigenvalue weighted by Gasteiger charge is 2.52. The Hall–Kier alpha value is -5.28. The second-order valence-corrected chi connectivity index (χ2v) is 14.2. The average Bonchev–Trinajstić information content (AvgIpc) is 3.27. The quantitative estimate of drug-likeness (QED) is 0.0372. The number of rotatable bonds is 14. The van der Waals surface area contributed by atoms with Crippen molar-refractivity contribution in [3.05, 3.63) is 147 Å². The first-order chi connectivity index (χ1) is 29.5. The van der Waals surface area contributed by atoms with Crippen molar-refractivity contribution < 1.29 is 92.7 Å². The third kappa shape index (κ3) is 9.09. The van der Waals surface area contributed by atoms with Crippen molar-refractivity contribution in [1.29, 1.82) is 0 Å². The van der Waals surface area contributed by atoms with E-state index in [0.717, 1.165) is 0 Å². The molecule has 5 rings (SSSR count). The highest BCUT2D eigenvalue weighted by atomic mass is 19.2. The lowest BCUT2D eigenvalue weighted by molar-refractivity contribution is -0.810. The van der Waals surface area contributed by atoms with Crippen LogP contribution in [-0.2, 0) is 0 Å². The molecular weight excluding hydrogens is 897 g/mol. The van der Waals surface area contributed by atoms with Crippen molar-refractivity contribution in [2.24, 2.45) is 0 Å². The number of unbranched alkanes of at least 4 members (excludes halogenated alkanes) is 7. The maximum absolute atomic E-state index is 15.4. The summed E-state index contributed by atoms with van der Waals surface area (Å²) in [6.45, 7) is 3.54. The number of benzene rings is 5. The van der Waals surface area contributed by atoms with E-state index in [4.69, 9.17) is 0 Å². The standard InChI is InChI=1S/C24BF20.C17H29N/c26-5-1(6(27)14(35)21(42)13(5)34)25(2-7(28)15(36)22(43)16(37)8(2)29,3-9(30)17(38)23(44)18(39)10(3)31)4-11(32)19(40)24(45)20(41)12(4)33;1-3-4-5-6-7-8-9-13-16-18(2)17-14-11-10-12-15-17/h;10-12,14-15H,3-9,13,16H2,1-2H3/q-1;/p+1. The molecule has 0 radical (unpaired) electrons. The van der Waals surface area contributed by atoms with Crippen LogP contribution >= 0.6 is 0 Å². The zero-order valence-electron chi connectivity index (χ0n) is 32.4. The zero-order chi connectivity index (χ0) is 47.4. The summed E-state index contributed by atoms with van der Waals surface area (Å²) in [6.07, 6.45) is 4.04. The van der Waals surface area contributed by atoms with E-state index in [-0.39, 0.29) is 0 Å². The fourth-order valence-electron chi connectivity index (χ4n) is 7.27. The van der Waals surface area contributed by atoms with Crippen molar-refractivity contribution in [3.8, 4) is 0 Å². The van der Waals surface area contributed by atoms with E-state index >= 15 is 35.1 Å². The Morgan fingerprint density at radius 1 is 0.317 bits per heavy atom. The Bertz CT molecular complexity index is 2100. The van der Waals surface area contributed by atoms with Crippen LogP contribution in [0.15, 0.2) is 30.3 Å². The normalized spacial score (nSPS) is 12.2. The van der Waals surface area contributed by atoms with E-state index in [1.54, 1.807) is 4.90 Å². The van der Waals surface area contributed by atoms with Gasteiger partial charge in [0.2, 0.25) is 0 Å². The van der Waals surface area contributed by atoms with Crippen molar-refractivity contribution in [3.63, 3.8) is 0 Å². The van der Waals surface area contributed by atoms with Gasteiger partial charge in [-0.2, -0.15) is 0 Å². The maximum atomic E-state index is 15.4. The average molecular weight is 927 g/mol. The third-order valence-corrected chi connectivity index (χ3v) is 10.4. The van der Waals surface area contributed by atoms with E-state index < -0.39 is 144 Å². The van der Waals surface area contributed by atoms with Crippen molar-refractivity contribution in [2.75, 3.05) is 13.6 Å². The molecule has 0 aromatic heterocycles. The molecule has 0 amide bonds. The minimum atomic E-state index is -7.22. The molecule has 0 saturated heterocycles. The minimum Gasteiger partial charge on any atom is -0.305 e. The molecule has 0 aliphatic rings. The van der Waals surface area contributed by atoms with E-state index in [1.807, 2.05) is 0 Å². The number of hydrogen-bond donors (Lipinski definition) is 1. The molecule has 0 spiro atoms. The molecule has 5 aromatic rings. The van der Waals surface area contributed by atoms with Crippen molar-refractivity contribution in [1.82, 2.24) is 0 Å². The van der Waals surface area contributed by atoms with Gasteiger partial charge in [0.25, 0.3) is 0 Å². The first kappa shape index (κ1) is 50.4. The van der Waals surface area contributed by atoms with E-state index in [1.165, 1.54) is 63.6 Å². The smallest absolute Gasteiger partial charge is 0.200 e. The molecule has 1 atom stereocenters. The number of quaternary nitrogens is 1. The predicted molar refractivity (Wildman–Crippen MR) is 190 cm³/mol. The minimum absolute atomic E-state index is 1.26. The van der Waals surface area contributed by atoms with Crippen LogP contribution in [0.4, 0.5) is 93.5 Å². The highest BCUT2D eigenvalue weighted by Crippen LogP contribution is 2.30. The largest absolute Gasteiger partial charge is 0.305 e. The SMILES string of the molecule is CCCCCCCCCC[NH+](C)c1ccccc1.Fc1c(F)c(F)c([B-](c2c(F)c(F)c(F)c(F)c2F)(c2c(F)c(F)c(F)c(F)c2F)c2c(F)c(F)c(F)c(F)c2F)c(F)c1F. The lowest BCUT2D eigenvalue weighted by atomic mass is 9.12. The predicted octanol–water partition coefficient (Wildman–Crippen LogP) is 9.82. The van der Waals surface area contributed by atoms with Crippen LogP contribution in [0.5, 0.6) is 0 Å². The molecule has 0 aliphatic carbocycles. The van der Waals surface area contributed by atoms with Crippen LogP contribution < -0.4 is 26.8 Å². The number of halogens is 20. The molecule has 1 unspecified atom stereocenters. The molecule has 1 nitrogen and oxygen atoms in total. The van der Waals surface area contributed by atoms with Gasteiger partial charge in [0.1, 0.15) is 58.4 Å². The summed E-state index contributed by atoms with van der Waals surface area (Å²) in [5.74, 6) is -71.4. The molecule has 1 N–H and O–H groups in total. The lowest BCUT2D eigenvalue weighted by Crippen LogP contribution is -3.03. The summed E-state index contributed by atoms with van der Waals surface area (Å²) < 4.78 is 294. The van der Waals surface area contributed by atoms with Gasteiger partial charge < -0.3 is 4.90 Å². The van der Waals surface area contributed by atoms with Crippen LogP contribution in [0.3, 0.4) is 0 Å². The second-order valence-electron chi connectivity index (χ2n) is 14.2. The number of hydrogen-bond acceptors (Lipinski definition) is 0. The lowest BCUT2D eigenvalue weighted by Gasteiger charge is -2.44. The Morgan fingerprint density at radius 2 is 0.540 bits per heavy atom. The summed E-state index contributed by atoms with van der Waals surface area (Å²) in [6, 6.07) is 10.8. The molecule has 0 bridgehead atoms. The van der Waals surface area contributed by atoms with Crippen LogP contribution in [0.25, 0.3) is 0 Å². The molecule has 63 heavy (non-hydrogen) atoms. The van der Waals surface area contributed by atoms with Gasteiger partial charge in [0.05, 0.1) is 13.6 Å². The van der Waals surface area contributed by atoms with E-state index in [9.17, 15) is 52.7 Å². The summed E-state index contributed by atoms with van der Waals surface area (Å²) >= 11 is 0. The maximum Gasteiger partial charge on any atom is 0.200 e. The molecule has 0 aliphatic heterocycles. The number of nitrogens with one attached hydrogen (secondary N) is 1. The Balaban J connectivity index is 0.000000405. The van der Waals surface area contributed by atoms with Crippen molar-refractivity contribution >= 4 is 33.7 Å². The second kappa shape index (κ2) is 20.5. The molecule has 342 valence electrons. The van der Waals surface area contributed by atoms with Crippen LogP contribution in [0.2, 0.25) is 0 Å². The Morgan fingerprint density at radius 3 is 0.794 bits per heavy atom. The van der Waals surface area contributed by atoms with Gasteiger partial charge in [-0.15, -0.1) is 21.9 Å². The van der Waals surface area contributed by atoms with E-state index in [0.29, 0.717) is 0 Å². The first-order valence-electron chi connectivity index (χ1n) is 18.7. The molecule has 0 saturated carbocycles. The topological polar surface area (TPSA) is 4.44 Å². The number of para-hydroxylation sites is 1. The summed E-state index contributed by atoms with van der Waals surface area (Å²) in [7, 11) is 2.27. The van der Waals surface area contributed by atoms with Crippen LogP contribution in [0, 0.1) is 116 Å². The third-order valence-electron chi connectivity index (χ3n) is 10.4. The molecule has 0 fully saturated rings. The Labute approximate surface area is 344 Å². The monoisotopic (exact) mass is 927 g/mol. The van der Waals surface area contributed by atoms with Gasteiger partial charge >= 0.3 is 0 Å². The molecule has 22 heteroatoms. The van der Waals surface area contributed by atoms with Crippen LogP contribution in [-0.4, -0.2) is 19.7 Å². The zero-order valence-corrected chi connectivity index (χ0v) is 32.4. The molecule has 5 aromatic carbocycles. The van der Waals surface area contributed by atoms with E-state index in [2.05, 4.69) is 44.3 Å². The van der Waals surface area contributed by atoms with Gasteiger partial charge in [0.15, 0.2) is 69.8 Å².